The van der Waals surface area contributed by atoms with Crippen molar-refractivity contribution in [1.82, 2.24) is 14.9 Å². The third-order valence-electron chi connectivity index (χ3n) is 5.36. The smallest absolute Gasteiger partial charge is 0.251 e. The highest BCUT2D eigenvalue weighted by Crippen LogP contribution is 2.20. The van der Waals surface area contributed by atoms with Crippen LogP contribution in [0.5, 0.6) is 0 Å². The second-order valence-electron chi connectivity index (χ2n) is 7.53. The van der Waals surface area contributed by atoms with Crippen LogP contribution in [0.25, 0.3) is 11.0 Å². The summed E-state index contributed by atoms with van der Waals surface area (Å²) >= 11 is 0. The van der Waals surface area contributed by atoms with Gasteiger partial charge in [0.05, 0.1) is 17.6 Å². The molecule has 0 radical (unpaired) electrons. The van der Waals surface area contributed by atoms with Crippen molar-refractivity contribution in [2.75, 3.05) is 0 Å². The fraction of sp³-hybridized carbons (Fsp3) is 0.200. The first-order valence-corrected chi connectivity index (χ1v) is 9.87. The van der Waals surface area contributed by atoms with E-state index in [9.17, 15) is 4.79 Å². The van der Waals surface area contributed by atoms with E-state index in [2.05, 4.69) is 48.0 Å². The third-order valence-corrected chi connectivity index (χ3v) is 5.36. The van der Waals surface area contributed by atoms with Gasteiger partial charge in [-0.1, -0.05) is 54.1 Å². The Balaban J connectivity index is 1.66. The lowest BCUT2D eigenvalue weighted by Crippen LogP contribution is -2.25. The molecule has 0 atom stereocenters. The molecular formula is C25H25N3O. The maximum atomic E-state index is 12.7. The van der Waals surface area contributed by atoms with Crippen molar-refractivity contribution in [2.45, 2.75) is 33.9 Å². The number of nitrogens with zero attached hydrogens (tertiary/aromatic N) is 2. The number of carbonyl (C=O) groups is 1. The Kier molecular flexibility index (Phi) is 5.17. The molecule has 29 heavy (non-hydrogen) atoms. The van der Waals surface area contributed by atoms with Crippen LogP contribution in [0.1, 0.15) is 38.4 Å². The Morgan fingerprint density at radius 2 is 1.69 bits per heavy atom. The Morgan fingerprint density at radius 1 is 0.931 bits per heavy atom. The molecule has 1 aromatic heterocycles. The highest BCUT2D eigenvalue weighted by molar-refractivity contribution is 5.95. The molecule has 4 nitrogen and oxygen atoms in total. The largest absolute Gasteiger partial charge is 0.345 e. The first-order valence-electron chi connectivity index (χ1n) is 9.87. The van der Waals surface area contributed by atoms with E-state index >= 15 is 0 Å². The van der Waals surface area contributed by atoms with E-state index in [-0.39, 0.29) is 5.91 Å². The molecule has 1 amide bonds. The predicted octanol–water partition coefficient (Wildman–Crippen LogP) is 4.94. The summed E-state index contributed by atoms with van der Waals surface area (Å²) in [7, 11) is 0. The number of aryl methyl sites for hydroxylation is 3. The summed E-state index contributed by atoms with van der Waals surface area (Å²) in [6, 6.07) is 22.3. The summed E-state index contributed by atoms with van der Waals surface area (Å²) in [5.41, 5.74) is 7.44. The molecule has 0 spiro atoms. The van der Waals surface area contributed by atoms with E-state index in [1.54, 1.807) is 0 Å². The average molecular weight is 383 g/mol. The van der Waals surface area contributed by atoms with Gasteiger partial charge in [0.25, 0.3) is 5.91 Å². The quantitative estimate of drug-likeness (QED) is 0.531. The highest BCUT2D eigenvalue weighted by atomic mass is 16.1. The Morgan fingerprint density at radius 3 is 2.52 bits per heavy atom. The zero-order valence-electron chi connectivity index (χ0n) is 17.1. The fourth-order valence-corrected chi connectivity index (χ4v) is 3.66. The molecule has 1 N–H and O–H groups in total. The lowest BCUT2D eigenvalue weighted by Gasteiger charge is -2.13. The van der Waals surface area contributed by atoms with Gasteiger partial charge in [0.2, 0.25) is 0 Å². The van der Waals surface area contributed by atoms with Gasteiger partial charge in [0.15, 0.2) is 0 Å². The van der Waals surface area contributed by atoms with Crippen LogP contribution < -0.4 is 5.32 Å². The zero-order chi connectivity index (χ0) is 20.4. The van der Waals surface area contributed by atoms with E-state index in [1.807, 2.05) is 49.4 Å². The van der Waals surface area contributed by atoms with Gasteiger partial charge in [-0.15, -0.1) is 0 Å². The van der Waals surface area contributed by atoms with E-state index in [0.29, 0.717) is 12.1 Å². The maximum absolute atomic E-state index is 12.7. The summed E-state index contributed by atoms with van der Waals surface area (Å²) in [5, 5.41) is 3.05. The second-order valence-corrected chi connectivity index (χ2v) is 7.53. The summed E-state index contributed by atoms with van der Waals surface area (Å²) in [6.45, 7) is 7.30. The Labute approximate surface area is 171 Å². The van der Waals surface area contributed by atoms with Gasteiger partial charge in [-0.3, -0.25) is 4.79 Å². The molecule has 0 saturated carbocycles. The van der Waals surface area contributed by atoms with Crippen molar-refractivity contribution in [3.05, 3.63) is 100 Å². The van der Waals surface area contributed by atoms with Crippen molar-refractivity contribution < 1.29 is 4.79 Å². The topological polar surface area (TPSA) is 46.9 Å². The molecule has 146 valence electrons. The third kappa shape index (κ3) is 3.92. The minimum atomic E-state index is -0.0755. The van der Waals surface area contributed by atoms with E-state index in [1.165, 1.54) is 16.7 Å². The number of amides is 1. The molecule has 0 fully saturated rings. The number of nitrogens with one attached hydrogen (secondary N) is 1. The number of fused-ring (bicyclic) bond motifs is 1. The van der Waals surface area contributed by atoms with E-state index in [4.69, 9.17) is 4.98 Å². The van der Waals surface area contributed by atoms with Crippen LogP contribution in [0, 0.1) is 20.8 Å². The van der Waals surface area contributed by atoms with Crippen LogP contribution >= 0.6 is 0 Å². The zero-order valence-corrected chi connectivity index (χ0v) is 17.1. The molecule has 1 heterocycles. The summed E-state index contributed by atoms with van der Waals surface area (Å²) < 4.78 is 2.20. The molecule has 4 heteroatoms. The van der Waals surface area contributed by atoms with Gasteiger partial charge in [-0.25, -0.2) is 4.98 Å². The summed E-state index contributed by atoms with van der Waals surface area (Å²) in [6.07, 6.45) is 0. The van der Waals surface area contributed by atoms with Gasteiger partial charge in [0, 0.05) is 12.1 Å². The number of benzene rings is 3. The summed E-state index contributed by atoms with van der Waals surface area (Å²) in [4.78, 5) is 17.5. The lowest BCUT2D eigenvalue weighted by atomic mass is 10.1. The molecule has 0 unspecified atom stereocenters. The van der Waals surface area contributed by atoms with E-state index in [0.717, 1.165) is 29.0 Å². The molecule has 4 aromatic rings. The molecular weight excluding hydrogens is 358 g/mol. The van der Waals surface area contributed by atoms with Gasteiger partial charge < -0.3 is 9.88 Å². The molecule has 0 saturated heterocycles. The Bertz CT molecular complexity index is 1190. The van der Waals surface area contributed by atoms with Crippen molar-refractivity contribution >= 4 is 16.9 Å². The highest BCUT2D eigenvalue weighted by Gasteiger charge is 2.14. The van der Waals surface area contributed by atoms with Crippen molar-refractivity contribution in [3.63, 3.8) is 0 Å². The number of aromatic nitrogens is 2. The van der Waals surface area contributed by atoms with Gasteiger partial charge in [0.1, 0.15) is 5.82 Å². The van der Waals surface area contributed by atoms with Crippen LogP contribution in [0.3, 0.4) is 0 Å². The van der Waals surface area contributed by atoms with Crippen LogP contribution in [0.4, 0.5) is 0 Å². The van der Waals surface area contributed by atoms with Crippen LogP contribution in [-0.2, 0) is 13.1 Å². The van der Waals surface area contributed by atoms with Gasteiger partial charge in [-0.05, 0) is 55.7 Å². The minimum absolute atomic E-state index is 0.0755. The number of imidazole rings is 1. The fourth-order valence-electron chi connectivity index (χ4n) is 3.66. The number of hydrogen-bond donors (Lipinski definition) is 1. The maximum Gasteiger partial charge on any atom is 0.251 e. The molecule has 4 rings (SSSR count). The first-order chi connectivity index (χ1) is 14.0. The molecule has 3 aromatic carbocycles. The normalized spacial score (nSPS) is 11.0. The Hall–Kier alpha value is -3.40. The van der Waals surface area contributed by atoms with Gasteiger partial charge in [-0.2, -0.15) is 0 Å². The van der Waals surface area contributed by atoms with Crippen molar-refractivity contribution in [3.8, 4) is 0 Å². The monoisotopic (exact) mass is 383 g/mol. The standard InChI is InChI=1S/C25H25N3O/c1-17-12-13-18(2)20(14-17)16-28-23-11-7-6-10-22(23)27-24(28)15-26-25(29)21-9-5-4-8-19(21)3/h4-14H,15-16H2,1-3H3,(H,26,29). The minimum Gasteiger partial charge on any atom is -0.345 e. The molecule has 0 aliphatic rings. The average Bonchev–Trinajstić information content (AvgIpc) is 3.07. The first kappa shape index (κ1) is 18.9. The van der Waals surface area contributed by atoms with Crippen LogP contribution in [0.2, 0.25) is 0 Å². The van der Waals surface area contributed by atoms with Crippen LogP contribution in [0.15, 0.2) is 66.7 Å². The van der Waals surface area contributed by atoms with Gasteiger partial charge >= 0.3 is 0 Å². The summed E-state index contributed by atoms with van der Waals surface area (Å²) in [5.74, 6) is 0.780. The molecule has 0 bridgehead atoms. The van der Waals surface area contributed by atoms with Crippen molar-refractivity contribution in [1.29, 1.82) is 0 Å². The SMILES string of the molecule is Cc1ccc(C)c(Cn2c(CNC(=O)c3ccccc3C)nc3ccccc32)c1. The molecule has 0 aliphatic carbocycles. The number of hydrogen-bond acceptors (Lipinski definition) is 2. The second kappa shape index (κ2) is 7.92. The number of carbonyl (C=O) groups excluding carboxylic acids is 1. The number of rotatable bonds is 5. The van der Waals surface area contributed by atoms with Crippen molar-refractivity contribution in [2.24, 2.45) is 0 Å². The van der Waals surface area contributed by atoms with E-state index < -0.39 is 0 Å². The number of para-hydroxylation sites is 2. The predicted molar refractivity (Wildman–Crippen MR) is 117 cm³/mol. The van der Waals surface area contributed by atoms with Crippen LogP contribution in [-0.4, -0.2) is 15.5 Å². The lowest BCUT2D eigenvalue weighted by molar-refractivity contribution is 0.0949. The molecule has 0 aliphatic heterocycles.